The Hall–Kier alpha value is 0.440. The van der Waals surface area contributed by atoms with Gasteiger partial charge in [0.25, 0.3) is 0 Å². The summed E-state index contributed by atoms with van der Waals surface area (Å²) in [5.41, 5.74) is 10.2. The van der Waals surface area contributed by atoms with Crippen LogP contribution in [0.4, 0.5) is 0 Å². The van der Waals surface area contributed by atoms with Crippen LogP contribution in [0.15, 0.2) is 0 Å². The Kier molecular flexibility index (Phi) is 12.2. The average molecular weight is 465 g/mol. The molecule has 12 heteroatoms. The third kappa shape index (κ3) is 8.21. The maximum absolute atomic E-state index is 10.2. The van der Waals surface area contributed by atoms with Crippen LogP contribution in [0.5, 0.6) is 0 Å². The summed E-state index contributed by atoms with van der Waals surface area (Å²) < 4.78 is 0. The molecule has 1 atom stereocenters. The predicted molar refractivity (Wildman–Crippen MR) is 103 cm³/mol. The van der Waals surface area contributed by atoms with Gasteiger partial charge in [0, 0.05) is 6.54 Å². The molecule has 0 spiro atoms. The van der Waals surface area contributed by atoms with Crippen LogP contribution >= 0.6 is 69.6 Å². The lowest BCUT2D eigenvalue weighted by Crippen LogP contribution is -2.52. The molecule has 1 saturated carbocycles. The number of carboxylic acids is 1. The minimum Gasteiger partial charge on any atom is -0.480 e. The lowest BCUT2D eigenvalue weighted by atomic mass is 9.97. The van der Waals surface area contributed by atoms with Gasteiger partial charge < -0.3 is 21.9 Å². The van der Waals surface area contributed by atoms with E-state index in [2.05, 4.69) is 5.32 Å². The highest BCUT2D eigenvalue weighted by atomic mass is 35.5. The average Bonchev–Trinajstić information content (AvgIpc) is 2.53. The zero-order valence-corrected chi connectivity index (χ0v) is 17.0. The van der Waals surface area contributed by atoms with Gasteiger partial charge >= 0.3 is 5.97 Å². The first-order valence-corrected chi connectivity index (χ1v) is 9.53. The standard InChI is InChI=1S/C6H6Cl6.C6H14N4O2/c7-1-2(8)4(10)6(12)5(11)3(1)9;7-4(5(11)12)2-1-3-10-6(8)9/h1-6H;4H,1-3,7H2,(H,11,12)(H4,8,9,10)/t1-,2-,3-,4+,5+,6+;. The Bertz CT molecular complexity index is 360. The molecule has 0 aromatic rings. The molecule has 1 fully saturated rings. The molecule has 0 aromatic heterocycles. The Balaban J connectivity index is 0.000000441. The van der Waals surface area contributed by atoms with Crippen molar-refractivity contribution >= 4 is 81.5 Å². The van der Waals surface area contributed by atoms with Gasteiger partial charge in [-0.05, 0) is 12.8 Å². The molecule has 1 aliphatic carbocycles. The van der Waals surface area contributed by atoms with Crippen LogP contribution in [-0.2, 0) is 4.79 Å². The molecule has 0 radical (unpaired) electrons. The van der Waals surface area contributed by atoms with Gasteiger partial charge in [0.1, 0.15) is 6.04 Å². The zero-order valence-electron chi connectivity index (χ0n) is 12.4. The normalized spacial score (nSPS) is 33.8. The molecule has 24 heavy (non-hydrogen) atoms. The SMILES string of the molecule is Cl[C@H]1[C@H](Cl)[C@@H](Cl)[C@@H](Cl)[C@H](Cl)[C@H]1Cl.N=C(N)NCCCC(N)C(=O)O. The van der Waals surface area contributed by atoms with Crippen molar-refractivity contribution in [1.82, 2.24) is 5.32 Å². The van der Waals surface area contributed by atoms with Crippen LogP contribution < -0.4 is 16.8 Å². The summed E-state index contributed by atoms with van der Waals surface area (Å²) in [4.78, 5) is 10.2. The number of guanidine groups is 1. The summed E-state index contributed by atoms with van der Waals surface area (Å²) >= 11 is 35.3. The van der Waals surface area contributed by atoms with Crippen molar-refractivity contribution in [3.05, 3.63) is 0 Å². The van der Waals surface area contributed by atoms with E-state index in [4.69, 9.17) is 91.6 Å². The molecule has 0 aliphatic heterocycles. The minimum absolute atomic E-state index is 0.112. The number of rotatable bonds is 5. The van der Waals surface area contributed by atoms with Crippen LogP contribution in [0, 0.1) is 5.41 Å². The van der Waals surface area contributed by atoms with E-state index in [1.54, 1.807) is 0 Å². The van der Waals surface area contributed by atoms with Crippen LogP contribution in [0.1, 0.15) is 12.8 Å². The summed E-state index contributed by atoms with van der Waals surface area (Å²) in [5.74, 6) is -1.11. The molecule has 0 amide bonds. The quantitative estimate of drug-likeness (QED) is 0.185. The number of nitrogens with one attached hydrogen (secondary N) is 2. The zero-order chi connectivity index (χ0) is 19.0. The molecule has 1 aliphatic rings. The van der Waals surface area contributed by atoms with Gasteiger partial charge in [0.15, 0.2) is 5.96 Å². The van der Waals surface area contributed by atoms with Gasteiger partial charge in [0.2, 0.25) is 0 Å². The first-order valence-electron chi connectivity index (χ1n) is 6.91. The topological polar surface area (TPSA) is 125 Å². The van der Waals surface area contributed by atoms with Gasteiger partial charge in [-0.2, -0.15) is 0 Å². The molecule has 1 rings (SSSR count). The fraction of sp³-hybridized carbons (Fsp3) is 0.833. The highest BCUT2D eigenvalue weighted by Gasteiger charge is 2.46. The van der Waals surface area contributed by atoms with Crippen molar-refractivity contribution in [3.63, 3.8) is 0 Å². The number of carboxylic acid groups (broad SMARTS) is 1. The lowest BCUT2D eigenvalue weighted by molar-refractivity contribution is -0.138. The summed E-state index contributed by atoms with van der Waals surface area (Å²) in [6, 6.07) is -0.821. The first kappa shape index (κ1) is 24.4. The molecule has 1 unspecified atom stereocenters. The largest absolute Gasteiger partial charge is 0.480 e. The number of alkyl halides is 6. The second-order valence-corrected chi connectivity index (χ2v) is 8.12. The van der Waals surface area contributed by atoms with E-state index >= 15 is 0 Å². The molecule has 0 bridgehead atoms. The summed E-state index contributed by atoms with van der Waals surface area (Å²) in [6.45, 7) is 0.482. The third-order valence-electron chi connectivity index (χ3n) is 3.15. The number of hydrogen-bond donors (Lipinski definition) is 5. The van der Waals surface area contributed by atoms with E-state index in [1.165, 1.54) is 0 Å². The van der Waals surface area contributed by atoms with Gasteiger partial charge in [-0.15, -0.1) is 69.6 Å². The fourth-order valence-corrected chi connectivity index (χ4v) is 4.05. The van der Waals surface area contributed by atoms with Crippen LogP contribution in [0.2, 0.25) is 0 Å². The lowest BCUT2D eigenvalue weighted by Gasteiger charge is -2.37. The Morgan fingerprint density at radius 1 is 1.00 bits per heavy atom. The van der Waals surface area contributed by atoms with Crippen molar-refractivity contribution in [1.29, 1.82) is 5.41 Å². The van der Waals surface area contributed by atoms with Crippen LogP contribution in [-0.4, -0.2) is 61.9 Å². The molecule has 0 heterocycles. The van der Waals surface area contributed by atoms with E-state index in [1.807, 2.05) is 0 Å². The Morgan fingerprint density at radius 2 is 1.33 bits per heavy atom. The minimum atomic E-state index is -1.00. The maximum atomic E-state index is 10.2. The number of aliphatic carboxylic acids is 1. The molecule has 0 aromatic carbocycles. The van der Waals surface area contributed by atoms with Crippen LogP contribution in [0.25, 0.3) is 0 Å². The molecule has 142 valence electrons. The molecule has 6 nitrogen and oxygen atoms in total. The monoisotopic (exact) mass is 462 g/mol. The second kappa shape index (κ2) is 11.9. The second-order valence-electron chi connectivity index (χ2n) is 5.09. The predicted octanol–water partition coefficient (Wildman–Crippen LogP) is 2.31. The van der Waals surface area contributed by atoms with E-state index in [0.29, 0.717) is 19.4 Å². The van der Waals surface area contributed by atoms with Crippen LogP contribution in [0.3, 0.4) is 0 Å². The van der Waals surface area contributed by atoms with E-state index in [-0.39, 0.29) is 5.96 Å². The number of hydrogen-bond acceptors (Lipinski definition) is 3. The summed E-state index contributed by atoms with van der Waals surface area (Å²) in [7, 11) is 0. The smallest absolute Gasteiger partial charge is 0.320 e. The number of halogens is 6. The number of carbonyl (C=O) groups is 1. The highest BCUT2D eigenvalue weighted by Crippen LogP contribution is 2.39. The van der Waals surface area contributed by atoms with Crippen molar-refractivity contribution in [2.45, 2.75) is 51.1 Å². The summed E-state index contributed by atoms with van der Waals surface area (Å²) in [5, 5.41) is 15.1. The van der Waals surface area contributed by atoms with Crippen molar-refractivity contribution in [2.75, 3.05) is 6.54 Å². The van der Waals surface area contributed by atoms with Gasteiger partial charge in [-0.25, -0.2) is 0 Å². The van der Waals surface area contributed by atoms with Gasteiger partial charge in [0.05, 0.1) is 32.3 Å². The molecule has 0 saturated heterocycles. The fourth-order valence-electron chi connectivity index (χ4n) is 1.72. The molecule has 7 N–H and O–H groups in total. The van der Waals surface area contributed by atoms with E-state index in [0.717, 1.165) is 0 Å². The Morgan fingerprint density at radius 3 is 1.58 bits per heavy atom. The maximum Gasteiger partial charge on any atom is 0.320 e. The van der Waals surface area contributed by atoms with E-state index in [9.17, 15) is 4.79 Å². The van der Waals surface area contributed by atoms with Crippen molar-refractivity contribution < 1.29 is 9.90 Å². The van der Waals surface area contributed by atoms with Crippen molar-refractivity contribution in [2.24, 2.45) is 11.5 Å². The van der Waals surface area contributed by atoms with E-state index < -0.39 is 44.3 Å². The van der Waals surface area contributed by atoms with Gasteiger partial charge in [-0.1, -0.05) is 0 Å². The van der Waals surface area contributed by atoms with Gasteiger partial charge in [-0.3, -0.25) is 10.2 Å². The Labute approximate surface area is 170 Å². The first-order chi connectivity index (χ1) is 11.0. The van der Waals surface area contributed by atoms with Crippen molar-refractivity contribution in [3.8, 4) is 0 Å². The number of nitrogens with two attached hydrogens (primary N) is 2. The molecular formula is C12H20Cl6N4O2. The molecular weight excluding hydrogens is 445 g/mol. The highest BCUT2D eigenvalue weighted by molar-refractivity contribution is 6.45. The third-order valence-corrected chi connectivity index (χ3v) is 7.18. The summed E-state index contributed by atoms with van der Waals surface area (Å²) in [6.07, 6.45) is 0.975.